The van der Waals surface area contributed by atoms with Gasteiger partial charge in [0, 0.05) is 6.54 Å². The van der Waals surface area contributed by atoms with Gasteiger partial charge in [0.15, 0.2) is 23.0 Å². The van der Waals surface area contributed by atoms with Crippen molar-refractivity contribution in [2.45, 2.75) is 6.54 Å². The van der Waals surface area contributed by atoms with Gasteiger partial charge in [-0.15, -0.1) is 0 Å². The number of hydrogen-bond donors (Lipinski definition) is 5. The van der Waals surface area contributed by atoms with Crippen LogP contribution in [-0.4, -0.2) is 26.3 Å². The van der Waals surface area contributed by atoms with Crippen molar-refractivity contribution in [3.63, 3.8) is 0 Å². The van der Waals surface area contributed by atoms with Crippen LogP contribution in [0.2, 0.25) is 0 Å². The van der Waals surface area contributed by atoms with Crippen LogP contribution >= 0.6 is 0 Å². The zero-order valence-electron chi connectivity index (χ0n) is 13.5. The number of benzene rings is 2. The first-order chi connectivity index (χ1) is 12.4. The van der Waals surface area contributed by atoms with Crippen LogP contribution in [0.1, 0.15) is 11.1 Å². The fourth-order valence-corrected chi connectivity index (χ4v) is 2.02. The fourth-order valence-electron chi connectivity index (χ4n) is 2.02. The molecular weight excluding hydrogens is 336 g/mol. The molecule has 7 nitrogen and oxygen atoms in total. The van der Waals surface area contributed by atoms with Gasteiger partial charge in [0.2, 0.25) is 0 Å². The topological polar surface area (TPSA) is 134 Å². The predicted octanol–water partition coefficient (Wildman–Crippen LogP) is 2.29. The molecule has 0 saturated heterocycles. The Kier molecular flexibility index (Phi) is 5.85. The Labute approximate surface area is 149 Å². The summed E-state index contributed by atoms with van der Waals surface area (Å²) in [5, 5.41) is 48.9. The first-order valence-electron chi connectivity index (χ1n) is 7.50. The van der Waals surface area contributed by atoms with Crippen LogP contribution in [0.5, 0.6) is 23.0 Å². The minimum atomic E-state index is -0.599. The van der Waals surface area contributed by atoms with E-state index in [1.165, 1.54) is 42.5 Å². The summed E-state index contributed by atoms with van der Waals surface area (Å²) in [6.45, 7) is 0.0707. The van der Waals surface area contributed by atoms with Gasteiger partial charge in [0.25, 0.3) is 5.91 Å². The highest BCUT2D eigenvalue weighted by atomic mass is 16.3. The fraction of sp³-hybridized carbons (Fsp3) is 0.0526. The van der Waals surface area contributed by atoms with E-state index in [0.29, 0.717) is 11.1 Å². The number of rotatable bonds is 5. The smallest absolute Gasteiger partial charge is 0.262 e. The average Bonchev–Trinajstić information content (AvgIpc) is 2.62. The molecule has 0 unspecified atom stereocenters. The second kappa shape index (κ2) is 8.26. The monoisotopic (exact) mass is 352 g/mol. The number of allylic oxidation sites excluding steroid dienone is 2. The SMILES string of the molecule is N#C/C(=C\C=C\c1ccc(O)c(O)c1)C(=O)NCc1ccc(O)c(O)c1. The molecule has 2 rings (SSSR count). The Morgan fingerprint density at radius 3 is 2.27 bits per heavy atom. The van der Waals surface area contributed by atoms with Crippen LogP contribution in [0.15, 0.2) is 54.1 Å². The molecule has 0 spiro atoms. The number of nitrogens with one attached hydrogen (secondary N) is 1. The minimum Gasteiger partial charge on any atom is -0.504 e. The Hall–Kier alpha value is -3.92. The van der Waals surface area contributed by atoms with E-state index in [1.54, 1.807) is 18.2 Å². The zero-order valence-corrected chi connectivity index (χ0v) is 13.5. The lowest BCUT2D eigenvalue weighted by atomic mass is 10.1. The number of phenolic OH excluding ortho intramolecular Hbond substituents is 4. The number of carbonyl (C=O) groups is 1. The lowest BCUT2D eigenvalue weighted by molar-refractivity contribution is -0.117. The number of carbonyl (C=O) groups excluding carboxylic acids is 1. The van der Waals surface area contributed by atoms with Gasteiger partial charge in [0.1, 0.15) is 11.6 Å². The summed E-state index contributed by atoms with van der Waals surface area (Å²) >= 11 is 0. The van der Waals surface area contributed by atoms with Crippen LogP contribution in [0.25, 0.3) is 6.08 Å². The molecule has 132 valence electrons. The van der Waals surface area contributed by atoms with Gasteiger partial charge in [-0.3, -0.25) is 4.79 Å². The van der Waals surface area contributed by atoms with Crippen LogP contribution in [0, 0.1) is 11.3 Å². The van der Waals surface area contributed by atoms with Gasteiger partial charge in [-0.05, 0) is 41.5 Å². The van der Waals surface area contributed by atoms with Crippen molar-refractivity contribution >= 4 is 12.0 Å². The molecule has 0 saturated carbocycles. The molecule has 1 amide bonds. The molecule has 2 aromatic carbocycles. The van der Waals surface area contributed by atoms with Crippen molar-refractivity contribution in [3.05, 3.63) is 65.3 Å². The van der Waals surface area contributed by atoms with Gasteiger partial charge in [-0.2, -0.15) is 5.26 Å². The van der Waals surface area contributed by atoms with E-state index in [2.05, 4.69) is 5.32 Å². The van der Waals surface area contributed by atoms with E-state index in [9.17, 15) is 25.2 Å². The van der Waals surface area contributed by atoms with Crippen LogP contribution in [-0.2, 0) is 11.3 Å². The zero-order chi connectivity index (χ0) is 19.1. The number of amides is 1. The molecule has 0 aliphatic heterocycles. The second-order valence-electron chi connectivity index (χ2n) is 5.31. The number of nitrogens with zero attached hydrogens (tertiary/aromatic N) is 1. The Balaban J connectivity index is 2.01. The Morgan fingerprint density at radius 2 is 1.65 bits per heavy atom. The Bertz CT molecular complexity index is 926. The number of nitriles is 1. The maximum absolute atomic E-state index is 12.0. The molecule has 7 heteroatoms. The lowest BCUT2D eigenvalue weighted by Gasteiger charge is -2.05. The van der Waals surface area contributed by atoms with E-state index in [-0.39, 0.29) is 35.1 Å². The molecular formula is C19H16N2O5. The molecule has 5 N–H and O–H groups in total. The van der Waals surface area contributed by atoms with Gasteiger partial charge in [-0.25, -0.2) is 0 Å². The third-order valence-electron chi connectivity index (χ3n) is 3.41. The Morgan fingerprint density at radius 1 is 1.00 bits per heavy atom. The lowest BCUT2D eigenvalue weighted by Crippen LogP contribution is -2.23. The number of phenols is 4. The third kappa shape index (κ3) is 4.79. The summed E-state index contributed by atoms with van der Waals surface area (Å²) in [5.41, 5.74) is 1.00. The second-order valence-corrected chi connectivity index (χ2v) is 5.31. The predicted molar refractivity (Wildman–Crippen MR) is 94.1 cm³/mol. The van der Waals surface area contributed by atoms with E-state index in [0.717, 1.165) is 0 Å². The largest absolute Gasteiger partial charge is 0.504 e. The number of aromatic hydroxyl groups is 4. The van der Waals surface area contributed by atoms with E-state index in [4.69, 9.17) is 5.26 Å². The minimum absolute atomic E-state index is 0.0707. The summed E-state index contributed by atoms with van der Waals surface area (Å²) in [7, 11) is 0. The number of hydrogen-bond acceptors (Lipinski definition) is 6. The molecule has 0 aliphatic carbocycles. The summed E-state index contributed by atoms with van der Waals surface area (Å²) in [4.78, 5) is 12.0. The first-order valence-corrected chi connectivity index (χ1v) is 7.50. The van der Waals surface area contributed by atoms with E-state index >= 15 is 0 Å². The third-order valence-corrected chi connectivity index (χ3v) is 3.41. The summed E-state index contributed by atoms with van der Waals surface area (Å²) in [5.74, 6) is -1.67. The molecule has 26 heavy (non-hydrogen) atoms. The van der Waals surface area contributed by atoms with E-state index in [1.807, 2.05) is 0 Å². The maximum Gasteiger partial charge on any atom is 0.262 e. The summed E-state index contributed by atoms with van der Waals surface area (Å²) in [6.07, 6.45) is 4.34. The molecule has 0 atom stereocenters. The van der Waals surface area contributed by atoms with Crippen LogP contribution < -0.4 is 5.32 Å². The van der Waals surface area contributed by atoms with Crippen LogP contribution in [0.4, 0.5) is 0 Å². The van der Waals surface area contributed by atoms with Gasteiger partial charge in [0.05, 0.1) is 0 Å². The molecule has 0 fully saturated rings. The molecule has 0 heterocycles. The van der Waals surface area contributed by atoms with Gasteiger partial charge in [-0.1, -0.05) is 24.3 Å². The molecule has 0 bridgehead atoms. The van der Waals surface area contributed by atoms with Gasteiger partial charge < -0.3 is 25.7 Å². The highest BCUT2D eigenvalue weighted by Crippen LogP contribution is 2.26. The summed E-state index contributed by atoms with van der Waals surface area (Å²) < 4.78 is 0. The van der Waals surface area contributed by atoms with Crippen LogP contribution in [0.3, 0.4) is 0 Å². The summed E-state index contributed by atoms with van der Waals surface area (Å²) in [6, 6.07) is 10.1. The van der Waals surface area contributed by atoms with E-state index < -0.39 is 5.91 Å². The highest BCUT2D eigenvalue weighted by molar-refractivity contribution is 5.97. The van der Waals surface area contributed by atoms with Crippen molar-refractivity contribution in [1.82, 2.24) is 5.32 Å². The maximum atomic E-state index is 12.0. The van der Waals surface area contributed by atoms with Crippen molar-refractivity contribution < 1.29 is 25.2 Å². The van der Waals surface area contributed by atoms with Crippen molar-refractivity contribution in [2.24, 2.45) is 0 Å². The molecule has 0 aliphatic rings. The quantitative estimate of drug-likeness (QED) is 0.243. The molecule has 0 radical (unpaired) electrons. The normalized spacial score (nSPS) is 11.3. The highest BCUT2D eigenvalue weighted by Gasteiger charge is 2.08. The standard InChI is InChI=1S/C19H16N2O5/c20-10-14(3-1-2-12-4-6-15(22)17(24)8-12)19(26)21-11-13-5-7-16(23)18(25)9-13/h1-9,22-25H,11H2,(H,21,26)/b2-1+,14-3+. The van der Waals surface area contributed by atoms with Gasteiger partial charge >= 0.3 is 0 Å². The average molecular weight is 352 g/mol. The van der Waals surface area contributed by atoms with Crippen molar-refractivity contribution in [2.75, 3.05) is 0 Å². The van der Waals surface area contributed by atoms with Crippen molar-refractivity contribution in [3.8, 4) is 29.1 Å². The first kappa shape index (κ1) is 18.4. The molecule has 2 aromatic rings. The van der Waals surface area contributed by atoms with Crippen molar-refractivity contribution in [1.29, 1.82) is 5.26 Å². The molecule has 0 aromatic heterocycles.